The van der Waals surface area contributed by atoms with Crippen molar-refractivity contribution in [2.75, 3.05) is 50.8 Å². The van der Waals surface area contributed by atoms with Crippen LogP contribution in [0.2, 0.25) is 0 Å². The summed E-state index contributed by atoms with van der Waals surface area (Å²) in [5, 5.41) is 2.87. The predicted octanol–water partition coefficient (Wildman–Crippen LogP) is 1.70. The number of amides is 2. The Kier molecular flexibility index (Phi) is 3.92. The Labute approximate surface area is 167 Å². The van der Waals surface area contributed by atoms with Crippen molar-refractivity contribution in [3.05, 3.63) is 41.5 Å². The third-order valence-electron chi connectivity index (χ3n) is 5.60. The number of hydrogen-bond acceptors (Lipinski definition) is 6. The number of carbonyl (C=O) groups excluding carboxylic acids is 2. The van der Waals surface area contributed by atoms with Gasteiger partial charge in [0.05, 0.1) is 5.69 Å². The number of nitrogens with zero attached hydrogens (tertiary/aromatic N) is 1. The predicted molar refractivity (Wildman–Crippen MR) is 104 cm³/mol. The molecule has 5 rings (SSSR count). The Balaban J connectivity index is 1.70. The van der Waals surface area contributed by atoms with Gasteiger partial charge in [0.2, 0.25) is 11.8 Å². The van der Waals surface area contributed by atoms with Crippen molar-refractivity contribution < 1.29 is 28.5 Å². The van der Waals surface area contributed by atoms with Crippen molar-refractivity contribution >= 4 is 23.2 Å². The van der Waals surface area contributed by atoms with Crippen LogP contribution in [0.1, 0.15) is 11.1 Å². The zero-order valence-corrected chi connectivity index (χ0v) is 16.1. The van der Waals surface area contributed by atoms with Crippen LogP contribution in [0.3, 0.4) is 0 Å². The first-order chi connectivity index (χ1) is 14.1. The van der Waals surface area contributed by atoms with Gasteiger partial charge in [0.1, 0.15) is 37.6 Å². The average Bonchev–Trinajstić information content (AvgIpc) is 3.19. The van der Waals surface area contributed by atoms with Crippen LogP contribution in [0, 0.1) is 0 Å². The molecule has 3 heterocycles. The smallest absolute Gasteiger partial charge is 0.250 e. The molecule has 2 aromatic rings. The van der Waals surface area contributed by atoms with Gasteiger partial charge < -0.3 is 29.2 Å². The summed E-state index contributed by atoms with van der Waals surface area (Å²) in [6, 6.07) is 9.06. The van der Waals surface area contributed by atoms with E-state index in [4.69, 9.17) is 18.9 Å². The van der Waals surface area contributed by atoms with Crippen molar-refractivity contribution in [3.8, 4) is 17.2 Å². The van der Waals surface area contributed by atoms with Crippen molar-refractivity contribution in [1.82, 2.24) is 0 Å². The Bertz CT molecular complexity index is 1040. The summed E-state index contributed by atoms with van der Waals surface area (Å²) >= 11 is 0. The lowest BCUT2D eigenvalue weighted by molar-refractivity contribution is -0.122. The zero-order valence-electron chi connectivity index (χ0n) is 16.1. The van der Waals surface area contributed by atoms with Crippen LogP contribution in [-0.4, -0.2) is 52.4 Å². The summed E-state index contributed by atoms with van der Waals surface area (Å²) < 4.78 is 22.3. The number of anilines is 2. The minimum absolute atomic E-state index is 0.0772. The second-order valence-corrected chi connectivity index (χ2v) is 7.23. The molecule has 8 nitrogen and oxygen atoms in total. The molecule has 0 aromatic heterocycles. The number of rotatable bonds is 3. The van der Waals surface area contributed by atoms with E-state index in [1.165, 1.54) is 7.11 Å². The second kappa shape index (κ2) is 6.38. The standard InChI is InChI=1S/C21H20N2O6/c1-23-14-5-3-4-13(22-18(24)10-26-2)19(14)21(20(23)25)11-29-15-9-17-16(8-12(15)21)27-6-7-28-17/h3-5,8-9H,6-7,10-11H2,1-2H3,(H,22,24). The largest absolute Gasteiger partial charge is 0.491 e. The van der Waals surface area contributed by atoms with Crippen LogP contribution >= 0.6 is 0 Å². The molecule has 1 spiro atoms. The molecule has 0 bridgehead atoms. The summed E-state index contributed by atoms with van der Waals surface area (Å²) in [6.45, 7) is 0.976. The molecule has 29 heavy (non-hydrogen) atoms. The quantitative estimate of drug-likeness (QED) is 0.850. The second-order valence-electron chi connectivity index (χ2n) is 7.23. The van der Waals surface area contributed by atoms with Gasteiger partial charge >= 0.3 is 0 Å². The number of hydrogen-bond donors (Lipinski definition) is 1. The van der Waals surface area contributed by atoms with E-state index >= 15 is 0 Å². The highest BCUT2D eigenvalue weighted by Crippen LogP contribution is 2.56. The van der Waals surface area contributed by atoms with Gasteiger partial charge in [-0.1, -0.05) is 6.07 Å². The van der Waals surface area contributed by atoms with Crippen LogP contribution < -0.4 is 24.4 Å². The minimum atomic E-state index is -1.06. The fraction of sp³-hybridized carbons (Fsp3) is 0.333. The number of carbonyl (C=O) groups is 2. The lowest BCUT2D eigenvalue weighted by Crippen LogP contribution is -2.41. The minimum Gasteiger partial charge on any atom is -0.491 e. The molecule has 3 aliphatic heterocycles. The molecule has 8 heteroatoms. The summed E-state index contributed by atoms with van der Waals surface area (Å²) in [7, 11) is 3.19. The molecule has 2 amide bonds. The average molecular weight is 396 g/mol. The van der Waals surface area contributed by atoms with E-state index in [-0.39, 0.29) is 25.0 Å². The van der Waals surface area contributed by atoms with E-state index in [0.29, 0.717) is 47.3 Å². The van der Waals surface area contributed by atoms with E-state index in [1.807, 2.05) is 18.2 Å². The summed E-state index contributed by atoms with van der Waals surface area (Å²) in [6.07, 6.45) is 0. The summed E-state index contributed by atoms with van der Waals surface area (Å²) in [5.41, 5.74) is 1.66. The van der Waals surface area contributed by atoms with Crippen LogP contribution in [-0.2, 0) is 19.7 Å². The fourth-order valence-electron chi connectivity index (χ4n) is 4.36. The Hall–Kier alpha value is -3.26. The molecule has 0 aliphatic carbocycles. The maximum Gasteiger partial charge on any atom is 0.250 e. The third-order valence-corrected chi connectivity index (χ3v) is 5.60. The van der Waals surface area contributed by atoms with Crippen molar-refractivity contribution in [3.63, 3.8) is 0 Å². The highest BCUT2D eigenvalue weighted by atomic mass is 16.6. The Morgan fingerprint density at radius 1 is 1.17 bits per heavy atom. The third kappa shape index (κ3) is 2.42. The highest BCUT2D eigenvalue weighted by Gasteiger charge is 2.57. The van der Waals surface area contributed by atoms with Gasteiger partial charge in [-0.15, -0.1) is 0 Å². The first-order valence-corrected chi connectivity index (χ1v) is 9.33. The number of methoxy groups -OCH3 is 1. The number of nitrogens with one attached hydrogen (secondary N) is 1. The van der Waals surface area contributed by atoms with Gasteiger partial charge in [-0.2, -0.15) is 0 Å². The fourth-order valence-corrected chi connectivity index (χ4v) is 4.36. The van der Waals surface area contributed by atoms with Gasteiger partial charge in [-0.3, -0.25) is 9.59 Å². The van der Waals surface area contributed by atoms with E-state index in [1.54, 1.807) is 24.1 Å². The number of fused-ring (bicyclic) bond motifs is 5. The van der Waals surface area contributed by atoms with Crippen molar-refractivity contribution in [2.45, 2.75) is 5.41 Å². The van der Waals surface area contributed by atoms with Gasteiger partial charge in [-0.25, -0.2) is 0 Å². The molecular formula is C21H20N2O6. The highest BCUT2D eigenvalue weighted by molar-refractivity contribution is 6.14. The molecule has 0 fully saturated rings. The lowest BCUT2D eigenvalue weighted by Gasteiger charge is -2.25. The van der Waals surface area contributed by atoms with E-state index in [2.05, 4.69) is 5.32 Å². The SMILES string of the molecule is COCC(=O)Nc1cccc2c1C1(COc3cc4c(cc31)OCCO4)C(=O)N2C. The molecule has 150 valence electrons. The van der Waals surface area contributed by atoms with E-state index in [9.17, 15) is 9.59 Å². The molecule has 0 saturated carbocycles. The van der Waals surface area contributed by atoms with Crippen molar-refractivity contribution in [1.29, 1.82) is 0 Å². The summed E-state index contributed by atoms with van der Waals surface area (Å²) in [4.78, 5) is 27.3. The molecule has 2 aromatic carbocycles. The molecule has 3 aliphatic rings. The summed E-state index contributed by atoms with van der Waals surface area (Å²) in [5.74, 6) is 1.37. The van der Waals surface area contributed by atoms with Gasteiger partial charge in [0, 0.05) is 37.0 Å². The van der Waals surface area contributed by atoms with Gasteiger partial charge in [0.25, 0.3) is 0 Å². The Morgan fingerprint density at radius 2 is 1.93 bits per heavy atom. The molecular weight excluding hydrogens is 376 g/mol. The topological polar surface area (TPSA) is 86.3 Å². The molecule has 1 atom stereocenters. The monoisotopic (exact) mass is 396 g/mol. The first kappa shape index (κ1) is 17.8. The number of benzene rings is 2. The van der Waals surface area contributed by atoms with Crippen LogP contribution in [0.5, 0.6) is 17.2 Å². The van der Waals surface area contributed by atoms with E-state index in [0.717, 1.165) is 5.69 Å². The van der Waals surface area contributed by atoms with Crippen LogP contribution in [0.15, 0.2) is 30.3 Å². The van der Waals surface area contributed by atoms with Gasteiger partial charge in [0.15, 0.2) is 11.5 Å². The molecule has 0 saturated heterocycles. The molecule has 1 unspecified atom stereocenters. The molecule has 0 radical (unpaired) electrons. The number of likely N-dealkylation sites (N-methyl/N-ethyl adjacent to an activating group) is 1. The zero-order chi connectivity index (χ0) is 20.2. The molecule has 1 N–H and O–H groups in total. The van der Waals surface area contributed by atoms with Gasteiger partial charge in [-0.05, 0) is 18.2 Å². The van der Waals surface area contributed by atoms with Crippen LogP contribution in [0.25, 0.3) is 0 Å². The Morgan fingerprint density at radius 3 is 2.69 bits per heavy atom. The van der Waals surface area contributed by atoms with Crippen molar-refractivity contribution in [2.24, 2.45) is 0 Å². The first-order valence-electron chi connectivity index (χ1n) is 9.33. The number of ether oxygens (including phenoxy) is 4. The lowest BCUT2D eigenvalue weighted by atomic mass is 9.76. The maximum absolute atomic E-state index is 13.5. The van der Waals surface area contributed by atoms with Crippen LogP contribution in [0.4, 0.5) is 11.4 Å². The normalized spacial score (nSPS) is 21.0. The maximum atomic E-state index is 13.5. The van der Waals surface area contributed by atoms with E-state index < -0.39 is 5.41 Å².